The van der Waals surface area contributed by atoms with E-state index in [1.165, 1.54) is 12.1 Å². The first-order chi connectivity index (χ1) is 14.5. The molecule has 3 amide bonds. The molecule has 1 spiro atoms. The molecule has 30 heavy (non-hydrogen) atoms. The number of urea groups is 1. The first-order valence-corrected chi connectivity index (χ1v) is 10.9. The van der Waals surface area contributed by atoms with Crippen molar-refractivity contribution in [3.05, 3.63) is 59.9 Å². The highest BCUT2D eigenvalue weighted by molar-refractivity contribution is 8.00. The van der Waals surface area contributed by atoms with Gasteiger partial charge in [-0.2, -0.15) is 0 Å². The number of carbonyl (C=O) groups excluding carboxylic acids is 2. The van der Waals surface area contributed by atoms with Crippen molar-refractivity contribution in [3.63, 3.8) is 0 Å². The van der Waals surface area contributed by atoms with E-state index < -0.39 is 0 Å². The van der Waals surface area contributed by atoms with E-state index >= 15 is 0 Å². The minimum absolute atomic E-state index is 0.00318. The number of piperidine rings is 1. The molecule has 2 heterocycles. The second kappa shape index (κ2) is 8.55. The maximum Gasteiger partial charge on any atom is 0.321 e. The summed E-state index contributed by atoms with van der Waals surface area (Å²) in [4.78, 5) is 29.2. The van der Waals surface area contributed by atoms with Crippen molar-refractivity contribution in [2.75, 3.05) is 37.8 Å². The first kappa shape index (κ1) is 20.5. The number of likely N-dealkylation sites (tertiary alicyclic amines) is 1. The molecule has 2 aromatic rings. The molecule has 0 radical (unpaired) electrons. The van der Waals surface area contributed by atoms with Crippen LogP contribution in [0.4, 0.5) is 14.9 Å². The van der Waals surface area contributed by atoms with E-state index in [-0.39, 0.29) is 22.6 Å². The van der Waals surface area contributed by atoms with Crippen LogP contribution >= 0.6 is 11.8 Å². The highest BCUT2D eigenvalue weighted by Gasteiger charge is 2.47. The zero-order chi connectivity index (χ0) is 21.1. The number of carbonyl (C=O) groups is 2. The van der Waals surface area contributed by atoms with Crippen LogP contribution in [0, 0.1) is 5.82 Å². The lowest BCUT2D eigenvalue weighted by molar-refractivity contribution is 0.0585. The van der Waals surface area contributed by atoms with Crippen LogP contribution in [-0.4, -0.2) is 59.1 Å². The predicted molar refractivity (Wildman–Crippen MR) is 115 cm³/mol. The molecular weight excluding hydrogens is 405 g/mol. The number of ether oxygens (including phenoxy) is 1. The zero-order valence-corrected chi connectivity index (χ0v) is 17.6. The Bertz CT molecular complexity index is 947. The first-order valence-electron chi connectivity index (χ1n) is 9.92. The molecule has 2 aliphatic rings. The van der Waals surface area contributed by atoms with Crippen molar-refractivity contribution in [2.45, 2.75) is 17.7 Å². The quantitative estimate of drug-likeness (QED) is 0.800. The van der Waals surface area contributed by atoms with Gasteiger partial charge in [-0.05, 0) is 49.2 Å². The van der Waals surface area contributed by atoms with Gasteiger partial charge < -0.3 is 19.9 Å². The van der Waals surface area contributed by atoms with Crippen molar-refractivity contribution in [2.24, 2.45) is 0 Å². The van der Waals surface area contributed by atoms with Crippen LogP contribution in [0.1, 0.15) is 23.2 Å². The highest BCUT2D eigenvalue weighted by atomic mass is 32.2. The van der Waals surface area contributed by atoms with Crippen LogP contribution in [0.5, 0.6) is 5.75 Å². The molecule has 1 N–H and O–H groups in total. The highest BCUT2D eigenvalue weighted by Crippen LogP contribution is 2.44. The van der Waals surface area contributed by atoms with E-state index in [0.717, 1.165) is 5.75 Å². The second-order valence-electron chi connectivity index (χ2n) is 7.41. The van der Waals surface area contributed by atoms with Crippen molar-refractivity contribution >= 4 is 29.4 Å². The standard InChI is InChI=1S/C22H24FN3O3S/c1-29-19-7-2-4-16(14-19)20(27)26-12-13-30-22(26)8-10-25(11-9-22)21(28)24-18-6-3-5-17(23)15-18/h2-7,14-15H,8-13H2,1H3,(H,24,28). The fraction of sp³-hybridized carbons (Fsp3) is 0.364. The lowest BCUT2D eigenvalue weighted by atomic mass is 10.0. The molecule has 0 saturated carbocycles. The van der Waals surface area contributed by atoms with Gasteiger partial charge in [0.25, 0.3) is 5.91 Å². The van der Waals surface area contributed by atoms with Gasteiger partial charge >= 0.3 is 6.03 Å². The summed E-state index contributed by atoms with van der Waals surface area (Å²) < 4.78 is 18.6. The third-order valence-electron chi connectivity index (χ3n) is 5.65. The van der Waals surface area contributed by atoms with Crippen molar-refractivity contribution in [1.82, 2.24) is 9.80 Å². The molecule has 0 atom stereocenters. The van der Waals surface area contributed by atoms with Crippen molar-refractivity contribution < 1.29 is 18.7 Å². The summed E-state index contributed by atoms with van der Waals surface area (Å²) in [5, 5.41) is 2.75. The number of nitrogens with one attached hydrogen (secondary N) is 1. The zero-order valence-electron chi connectivity index (χ0n) is 16.8. The van der Waals surface area contributed by atoms with Gasteiger partial charge in [-0.25, -0.2) is 9.18 Å². The summed E-state index contributed by atoms with van der Waals surface area (Å²) in [5.74, 6) is 1.15. The number of nitrogens with zero attached hydrogens (tertiary/aromatic N) is 2. The minimum atomic E-state index is -0.389. The number of halogens is 1. The van der Waals surface area contributed by atoms with Crippen LogP contribution < -0.4 is 10.1 Å². The summed E-state index contributed by atoms with van der Waals surface area (Å²) in [5.41, 5.74) is 1.05. The number of amides is 3. The van der Waals surface area contributed by atoms with E-state index in [0.29, 0.717) is 49.5 Å². The minimum Gasteiger partial charge on any atom is -0.497 e. The van der Waals surface area contributed by atoms with E-state index in [1.54, 1.807) is 42.0 Å². The van der Waals surface area contributed by atoms with E-state index in [4.69, 9.17) is 4.74 Å². The smallest absolute Gasteiger partial charge is 0.321 e. The summed E-state index contributed by atoms with van der Waals surface area (Å²) in [6.07, 6.45) is 1.40. The van der Waals surface area contributed by atoms with Gasteiger partial charge in [-0.3, -0.25) is 4.79 Å². The molecule has 0 bridgehead atoms. The van der Waals surface area contributed by atoms with Crippen molar-refractivity contribution in [3.8, 4) is 5.75 Å². The van der Waals surface area contributed by atoms with Crippen LogP contribution in [0.2, 0.25) is 0 Å². The third-order valence-corrected chi connectivity index (χ3v) is 7.20. The van der Waals surface area contributed by atoms with E-state index in [2.05, 4.69) is 5.32 Å². The Balaban J connectivity index is 1.42. The molecule has 2 saturated heterocycles. The fourth-order valence-corrected chi connectivity index (χ4v) is 5.50. The van der Waals surface area contributed by atoms with E-state index in [9.17, 15) is 14.0 Å². The second-order valence-corrected chi connectivity index (χ2v) is 8.87. The summed E-state index contributed by atoms with van der Waals surface area (Å²) in [6.45, 7) is 1.77. The average molecular weight is 430 g/mol. The number of anilines is 1. The lowest BCUT2D eigenvalue weighted by Crippen LogP contribution is -2.54. The average Bonchev–Trinajstić information content (AvgIpc) is 3.16. The molecule has 8 heteroatoms. The lowest BCUT2D eigenvalue weighted by Gasteiger charge is -2.44. The summed E-state index contributed by atoms with van der Waals surface area (Å²) in [7, 11) is 1.58. The maximum atomic E-state index is 13.4. The van der Waals surface area contributed by atoms with Crippen LogP contribution in [0.25, 0.3) is 0 Å². The largest absolute Gasteiger partial charge is 0.497 e. The molecular formula is C22H24FN3O3S. The Hall–Kier alpha value is -2.74. The molecule has 0 aliphatic carbocycles. The number of hydrogen-bond donors (Lipinski definition) is 1. The van der Waals surface area contributed by atoms with E-state index in [1.807, 2.05) is 23.1 Å². The van der Waals surface area contributed by atoms with Gasteiger partial charge in [0, 0.05) is 36.6 Å². The van der Waals surface area contributed by atoms with Crippen LogP contribution in [-0.2, 0) is 0 Å². The molecule has 0 aromatic heterocycles. The molecule has 4 rings (SSSR count). The van der Waals surface area contributed by atoms with Gasteiger partial charge in [-0.15, -0.1) is 11.8 Å². The molecule has 2 aliphatic heterocycles. The molecule has 2 aromatic carbocycles. The Morgan fingerprint density at radius 1 is 1.10 bits per heavy atom. The normalized spacial score (nSPS) is 17.8. The Morgan fingerprint density at radius 2 is 1.87 bits per heavy atom. The Morgan fingerprint density at radius 3 is 2.60 bits per heavy atom. The van der Waals surface area contributed by atoms with Gasteiger partial charge in [0.15, 0.2) is 0 Å². The number of methoxy groups -OCH3 is 1. The summed E-state index contributed by atoms with van der Waals surface area (Å²) in [6, 6.07) is 12.8. The third kappa shape index (κ3) is 4.09. The molecule has 158 valence electrons. The predicted octanol–water partition coefficient (Wildman–Crippen LogP) is 4.05. The van der Waals surface area contributed by atoms with Crippen molar-refractivity contribution in [1.29, 1.82) is 0 Å². The summed E-state index contributed by atoms with van der Waals surface area (Å²) >= 11 is 1.79. The Labute approximate surface area is 179 Å². The Kier molecular flexibility index (Phi) is 5.85. The number of benzene rings is 2. The van der Waals surface area contributed by atoms with Gasteiger partial charge in [-0.1, -0.05) is 12.1 Å². The van der Waals surface area contributed by atoms with Gasteiger partial charge in [0.05, 0.1) is 12.0 Å². The topological polar surface area (TPSA) is 61.9 Å². The monoisotopic (exact) mass is 429 g/mol. The number of rotatable bonds is 3. The van der Waals surface area contributed by atoms with Crippen LogP contribution in [0.15, 0.2) is 48.5 Å². The van der Waals surface area contributed by atoms with Gasteiger partial charge in [0.2, 0.25) is 0 Å². The number of hydrogen-bond acceptors (Lipinski definition) is 4. The van der Waals surface area contributed by atoms with Crippen LogP contribution in [0.3, 0.4) is 0 Å². The molecule has 2 fully saturated rings. The maximum absolute atomic E-state index is 13.4. The van der Waals surface area contributed by atoms with Gasteiger partial charge in [0.1, 0.15) is 11.6 Å². The fourth-order valence-electron chi connectivity index (χ4n) is 4.05. The molecule has 0 unspecified atom stereocenters. The number of thioether (sulfide) groups is 1. The molecule has 6 nitrogen and oxygen atoms in total. The SMILES string of the molecule is COc1cccc(C(=O)N2CCSC23CCN(C(=O)Nc2cccc(F)c2)CC3)c1.